The molecule has 6 nitrogen and oxygen atoms in total. The number of benzene rings is 1. The normalized spacial score (nSPS) is 24.0. The molecule has 0 amide bonds. The van der Waals surface area contributed by atoms with Crippen LogP contribution in [0, 0.1) is 0 Å². The number of nitrogens with zero attached hydrogens (tertiary/aromatic N) is 2. The van der Waals surface area contributed by atoms with Crippen LogP contribution in [0.3, 0.4) is 0 Å². The molecule has 3 rings (SSSR count). The van der Waals surface area contributed by atoms with Crippen molar-refractivity contribution in [2.24, 2.45) is 5.73 Å². The summed E-state index contributed by atoms with van der Waals surface area (Å²) < 4.78 is 5.30. The van der Waals surface area contributed by atoms with Crippen LogP contribution in [0.1, 0.15) is 18.9 Å². The zero-order valence-electron chi connectivity index (χ0n) is 14.5. The number of hydrogen-bond acceptors (Lipinski definition) is 6. The Labute approximate surface area is 143 Å². The monoisotopic (exact) mass is 333 g/mol. The summed E-state index contributed by atoms with van der Waals surface area (Å²) in [4.78, 5) is 26.0. The molecule has 2 N–H and O–H groups in total. The molecule has 0 bridgehead atoms. The van der Waals surface area contributed by atoms with Crippen molar-refractivity contribution in [3.63, 3.8) is 0 Å². The molecule has 2 atom stereocenters. The number of rotatable bonds is 4. The van der Waals surface area contributed by atoms with Gasteiger partial charge in [-0.3, -0.25) is 14.5 Å². The number of ketones is 1. The minimum atomic E-state index is -0.138. The van der Waals surface area contributed by atoms with Crippen LogP contribution in [0.15, 0.2) is 30.3 Å². The van der Waals surface area contributed by atoms with Crippen LogP contribution >= 0.6 is 0 Å². The van der Waals surface area contributed by atoms with Gasteiger partial charge in [0.1, 0.15) is 6.61 Å². The molecule has 1 heterocycles. The lowest BCUT2D eigenvalue weighted by Gasteiger charge is -2.37. The van der Waals surface area contributed by atoms with Crippen LogP contribution in [0.5, 0.6) is 0 Å². The fourth-order valence-corrected chi connectivity index (χ4v) is 2.39. The number of Topliss-reactive ketones (excluding diaryl/α,β-unsaturated/α-hetero) is 1. The maximum atomic E-state index is 11.8. The van der Waals surface area contributed by atoms with Crippen LogP contribution in [0.4, 0.5) is 0 Å². The number of esters is 1. The summed E-state index contributed by atoms with van der Waals surface area (Å²) in [5, 5.41) is 0. The van der Waals surface area contributed by atoms with Gasteiger partial charge in [0, 0.05) is 32.1 Å². The van der Waals surface area contributed by atoms with Gasteiger partial charge < -0.3 is 15.4 Å². The number of likely N-dealkylation sites (N-methyl/N-ethyl adjacent to an activating group) is 1. The largest absolute Gasteiger partial charge is 0.460 e. The van der Waals surface area contributed by atoms with E-state index < -0.39 is 0 Å². The van der Waals surface area contributed by atoms with E-state index in [1.54, 1.807) is 0 Å². The van der Waals surface area contributed by atoms with Crippen LogP contribution in [0.2, 0.25) is 0 Å². The van der Waals surface area contributed by atoms with E-state index in [9.17, 15) is 9.59 Å². The highest BCUT2D eigenvalue weighted by Crippen LogP contribution is 2.08. The molecular formula is C18H27N3O3. The average Bonchev–Trinajstić information content (AvgIpc) is 3.23. The highest BCUT2D eigenvalue weighted by Gasteiger charge is 2.29. The van der Waals surface area contributed by atoms with E-state index in [2.05, 4.69) is 23.8 Å². The number of piperazine rings is 1. The van der Waals surface area contributed by atoms with Crippen LogP contribution < -0.4 is 5.73 Å². The zero-order valence-corrected chi connectivity index (χ0v) is 14.5. The summed E-state index contributed by atoms with van der Waals surface area (Å²) in [5.74, 6) is 0.0607. The third kappa shape index (κ3) is 6.39. The first-order valence-corrected chi connectivity index (χ1v) is 8.36. The van der Waals surface area contributed by atoms with Gasteiger partial charge in [-0.05, 0) is 19.5 Å². The standard InChI is InChI=1S/C15H22N2O2.C3H5NO/c1-13-10-17(9-8-16(13)2)11-15(18)19-12-14-6-4-3-5-7-14;4-2-1-3(2)5/h3-7,13H,8-12H2,1-2H3;2H,1,4H2. The Morgan fingerprint density at radius 3 is 2.46 bits per heavy atom. The molecule has 1 aliphatic carbocycles. The van der Waals surface area contributed by atoms with Gasteiger partial charge in [0.25, 0.3) is 0 Å². The summed E-state index contributed by atoms with van der Waals surface area (Å²) in [6, 6.07) is 10.2. The van der Waals surface area contributed by atoms with Crippen molar-refractivity contribution in [1.29, 1.82) is 0 Å². The summed E-state index contributed by atoms with van der Waals surface area (Å²) in [5.41, 5.74) is 6.05. The molecule has 1 aromatic rings. The second-order valence-electron chi connectivity index (χ2n) is 6.49. The van der Waals surface area contributed by atoms with Crippen molar-refractivity contribution in [3.05, 3.63) is 35.9 Å². The van der Waals surface area contributed by atoms with Crippen molar-refractivity contribution in [2.45, 2.75) is 32.0 Å². The lowest BCUT2D eigenvalue weighted by atomic mass is 10.2. The number of ether oxygens (including phenoxy) is 1. The maximum Gasteiger partial charge on any atom is 0.320 e. The third-order valence-electron chi connectivity index (χ3n) is 4.31. The summed E-state index contributed by atoms with van der Waals surface area (Å²) >= 11 is 0. The molecule has 0 aromatic heterocycles. The molecule has 0 radical (unpaired) electrons. The SMILES string of the molecule is CC1CN(CC(=O)OCc2ccccc2)CCN1C.NC1CC1=O. The van der Waals surface area contributed by atoms with Gasteiger partial charge in [-0.1, -0.05) is 30.3 Å². The predicted molar refractivity (Wildman–Crippen MR) is 92.4 cm³/mol. The van der Waals surface area contributed by atoms with Crippen molar-refractivity contribution >= 4 is 11.8 Å². The van der Waals surface area contributed by atoms with Crippen LogP contribution in [-0.2, 0) is 20.9 Å². The molecule has 24 heavy (non-hydrogen) atoms. The number of nitrogens with two attached hydrogens (primary N) is 1. The fraction of sp³-hybridized carbons (Fsp3) is 0.556. The van der Waals surface area contributed by atoms with Gasteiger partial charge in [0.15, 0.2) is 5.78 Å². The average molecular weight is 333 g/mol. The van der Waals surface area contributed by atoms with Gasteiger partial charge >= 0.3 is 5.97 Å². The molecule has 2 unspecified atom stereocenters. The van der Waals surface area contributed by atoms with E-state index in [0.29, 0.717) is 25.6 Å². The van der Waals surface area contributed by atoms with E-state index in [1.165, 1.54) is 0 Å². The minimum Gasteiger partial charge on any atom is -0.460 e. The van der Waals surface area contributed by atoms with E-state index in [-0.39, 0.29) is 17.8 Å². The van der Waals surface area contributed by atoms with Gasteiger partial charge in [-0.15, -0.1) is 0 Å². The Balaban J connectivity index is 0.000000355. The Morgan fingerprint density at radius 1 is 1.29 bits per heavy atom. The third-order valence-corrected chi connectivity index (χ3v) is 4.31. The predicted octanol–water partition coefficient (Wildman–Crippen LogP) is 0.652. The molecule has 6 heteroatoms. The molecule has 1 saturated carbocycles. The molecule has 1 aliphatic heterocycles. The van der Waals surface area contributed by atoms with Gasteiger partial charge in [-0.25, -0.2) is 0 Å². The molecule has 2 aliphatic rings. The summed E-state index contributed by atoms with van der Waals surface area (Å²) in [6.45, 7) is 5.81. The first-order chi connectivity index (χ1) is 11.5. The quantitative estimate of drug-likeness (QED) is 0.816. The highest BCUT2D eigenvalue weighted by molar-refractivity contribution is 5.99. The Hall–Kier alpha value is -1.76. The Bertz CT molecular complexity index is 550. The first-order valence-electron chi connectivity index (χ1n) is 8.36. The van der Waals surface area contributed by atoms with Crippen LogP contribution in [0.25, 0.3) is 0 Å². The lowest BCUT2D eigenvalue weighted by molar-refractivity contribution is -0.146. The fourth-order valence-electron chi connectivity index (χ4n) is 2.39. The number of hydrogen-bond donors (Lipinski definition) is 1. The van der Waals surface area contributed by atoms with Crippen molar-refractivity contribution < 1.29 is 14.3 Å². The topological polar surface area (TPSA) is 75.9 Å². The highest BCUT2D eigenvalue weighted by atomic mass is 16.5. The van der Waals surface area contributed by atoms with E-state index in [4.69, 9.17) is 10.5 Å². The molecule has 132 valence electrons. The smallest absolute Gasteiger partial charge is 0.320 e. The van der Waals surface area contributed by atoms with Crippen LogP contribution in [-0.4, -0.2) is 66.9 Å². The van der Waals surface area contributed by atoms with E-state index in [0.717, 1.165) is 25.2 Å². The van der Waals surface area contributed by atoms with Gasteiger partial charge in [-0.2, -0.15) is 0 Å². The second-order valence-corrected chi connectivity index (χ2v) is 6.49. The zero-order chi connectivity index (χ0) is 17.5. The minimum absolute atomic E-state index is 0.0880. The van der Waals surface area contributed by atoms with Crippen molar-refractivity contribution in [2.75, 3.05) is 33.2 Å². The van der Waals surface area contributed by atoms with E-state index in [1.807, 2.05) is 30.3 Å². The molecule has 0 spiro atoms. The summed E-state index contributed by atoms with van der Waals surface area (Å²) in [7, 11) is 2.12. The number of carbonyl (C=O) groups excluding carboxylic acids is 2. The number of carbonyl (C=O) groups is 2. The lowest BCUT2D eigenvalue weighted by Crippen LogP contribution is -2.51. The maximum absolute atomic E-state index is 11.8. The van der Waals surface area contributed by atoms with Gasteiger partial charge in [0.05, 0.1) is 12.6 Å². The van der Waals surface area contributed by atoms with Gasteiger partial charge in [0.2, 0.25) is 0 Å². The second kappa shape index (κ2) is 8.92. The van der Waals surface area contributed by atoms with Crippen molar-refractivity contribution in [1.82, 2.24) is 9.80 Å². The van der Waals surface area contributed by atoms with E-state index >= 15 is 0 Å². The molecule has 2 fully saturated rings. The Kier molecular flexibility index (Phi) is 6.90. The first kappa shape index (κ1) is 18.6. The Morgan fingerprint density at radius 2 is 1.92 bits per heavy atom. The molecular weight excluding hydrogens is 306 g/mol. The van der Waals surface area contributed by atoms with Crippen molar-refractivity contribution in [3.8, 4) is 0 Å². The molecule has 1 saturated heterocycles. The summed E-state index contributed by atoms with van der Waals surface area (Å²) in [6.07, 6.45) is 0.611. The molecule has 1 aromatic carbocycles.